The Bertz CT molecular complexity index is 1260. The van der Waals surface area contributed by atoms with E-state index in [9.17, 15) is 19.8 Å². The molecule has 0 saturated heterocycles. The normalized spacial score (nSPS) is 12.4. The van der Waals surface area contributed by atoms with Gasteiger partial charge in [-0.05, 0) is 25.7 Å². The van der Waals surface area contributed by atoms with E-state index in [0.29, 0.717) is 25.9 Å². The average Bonchev–Trinajstić information content (AvgIpc) is 3.58. The molecule has 0 spiro atoms. The number of aliphatic hydroxyl groups excluding tert-OH is 2. The molecule has 0 bridgehead atoms. The van der Waals surface area contributed by atoms with Crippen molar-refractivity contribution in [1.29, 1.82) is 0 Å². The van der Waals surface area contributed by atoms with Crippen LogP contribution in [0, 0.1) is 0 Å². The summed E-state index contributed by atoms with van der Waals surface area (Å²) in [6.07, 6.45) is 94.8. The summed E-state index contributed by atoms with van der Waals surface area (Å²) in [4.78, 5) is 24.7. The van der Waals surface area contributed by atoms with Gasteiger partial charge in [-0.1, -0.05) is 438 Å². The van der Waals surface area contributed by atoms with Gasteiger partial charge in [-0.3, -0.25) is 9.59 Å². The summed E-state index contributed by atoms with van der Waals surface area (Å²) >= 11 is 0. The van der Waals surface area contributed by atoms with E-state index in [-0.39, 0.29) is 18.5 Å². The summed E-state index contributed by atoms with van der Waals surface area (Å²) in [5.41, 5.74) is 0. The summed E-state index contributed by atoms with van der Waals surface area (Å²) in [7, 11) is 0. The number of rotatable bonds is 77. The predicted octanol–water partition coefficient (Wildman–Crippen LogP) is 26.5. The SMILES string of the molecule is CCCCCCCCCCCCCCCCCCCCCCCCCCCC(O)C(CO)NC(=O)CCCCCCCCCCCCCCCCCCCCCCCCCCCCCCOC(=O)CCCCCCCCCCCCCCCCCC. The highest BCUT2D eigenvalue weighted by atomic mass is 16.5. The number of nitrogens with one attached hydrogen (secondary N) is 1. The number of hydrogen-bond acceptors (Lipinski definition) is 5. The molecule has 0 aromatic heterocycles. The molecule has 2 unspecified atom stereocenters. The van der Waals surface area contributed by atoms with Crippen LogP contribution in [0.2, 0.25) is 0 Å². The highest BCUT2D eigenvalue weighted by Crippen LogP contribution is 2.21. The second-order valence-electron chi connectivity index (χ2n) is 28.1. The molecular weight excluding hydrogens is 1050 g/mol. The quantitative estimate of drug-likeness (QED) is 0.0417. The zero-order valence-corrected chi connectivity index (χ0v) is 59.1. The van der Waals surface area contributed by atoms with Gasteiger partial charge in [-0.15, -0.1) is 0 Å². The van der Waals surface area contributed by atoms with Gasteiger partial charge < -0.3 is 20.3 Å². The van der Waals surface area contributed by atoms with Crippen molar-refractivity contribution in [1.82, 2.24) is 5.32 Å². The standard InChI is InChI=1S/C80H159NO5/c1-3-5-7-9-11-13-15-17-19-21-22-23-24-29-32-35-38-41-44-48-52-56-60-64-68-72-78(83)77(76-82)81-79(84)73-69-65-61-57-53-49-45-42-39-36-33-30-27-25-26-28-31-34-37-40-43-47-51-55-59-63-67-71-75-86-80(85)74-70-66-62-58-54-50-46-20-18-16-14-12-10-8-6-4-2/h77-78,82-83H,3-76H2,1-2H3,(H,81,84). The molecule has 86 heavy (non-hydrogen) atoms. The first-order valence-electron chi connectivity index (χ1n) is 40.3. The number of carbonyl (C=O) groups excluding carboxylic acids is 2. The summed E-state index contributed by atoms with van der Waals surface area (Å²) in [5, 5.41) is 23.5. The molecule has 0 aromatic carbocycles. The number of aliphatic hydroxyl groups is 2. The second kappa shape index (κ2) is 76.3. The predicted molar refractivity (Wildman–Crippen MR) is 380 cm³/mol. The van der Waals surface area contributed by atoms with E-state index in [1.165, 1.54) is 405 Å². The van der Waals surface area contributed by atoms with Crippen LogP contribution in [0.25, 0.3) is 0 Å². The highest BCUT2D eigenvalue weighted by molar-refractivity contribution is 5.76. The monoisotopic (exact) mass is 1210 g/mol. The van der Waals surface area contributed by atoms with E-state index in [1.807, 2.05) is 0 Å². The lowest BCUT2D eigenvalue weighted by Gasteiger charge is -2.22. The second-order valence-corrected chi connectivity index (χ2v) is 28.1. The molecule has 6 nitrogen and oxygen atoms in total. The molecule has 514 valence electrons. The molecule has 0 aliphatic heterocycles. The van der Waals surface area contributed by atoms with Crippen molar-refractivity contribution in [3.63, 3.8) is 0 Å². The van der Waals surface area contributed by atoms with E-state index < -0.39 is 12.1 Å². The van der Waals surface area contributed by atoms with Crippen LogP contribution < -0.4 is 5.32 Å². The van der Waals surface area contributed by atoms with Gasteiger partial charge in [0.15, 0.2) is 0 Å². The van der Waals surface area contributed by atoms with Crippen LogP contribution in [-0.4, -0.2) is 47.4 Å². The van der Waals surface area contributed by atoms with E-state index in [4.69, 9.17) is 4.74 Å². The third kappa shape index (κ3) is 71.9. The van der Waals surface area contributed by atoms with Crippen molar-refractivity contribution in [2.24, 2.45) is 0 Å². The Morgan fingerprint density at radius 3 is 0.709 bits per heavy atom. The van der Waals surface area contributed by atoms with Crippen LogP contribution in [0.4, 0.5) is 0 Å². The Balaban J connectivity index is 3.33. The fraction of sp³-hybridized carbons (Fsp3) is 0.975. The maximum atomic E-state index is 12.6. The van der Waals surface area contributed by atoms with E-state index >= 15 is 0 Å². The molecule has 0 rings (SSSR count). The Labute approximate surface area is 540 Å². The molecule has 0 fully saturated rings. The average molecular weight is 1220 g/mol. The van der Waals surface area contributed by atoms with E-state index in [0.717, 1.165) is 38.5 Å². The first-order valence-corrected chi connectivity index (χ1v) is 40.3. The molecule has 0 aromatic rings. The van der Waals surface area contributed by atoms with Crippen molar-refractivity contribution >= 4 is 11.9 Å². The molecule has 6 heteroatoms. The van der Waals surface area contributed by atoms with Crippen LogP contribution in [0.1, 0.15) is 476 Å². The van der Waals surface area contributed by atoms with Crippen molar-refractivity contribution in [2.45, 2.75) is 488 Å². The summed E-state index contributed by atoms with van der Waals surface area (Å²) in [6.45, 7) is 5.02. The maximum Gasteiger partial charge on any atom is 0.305 e. The molecular formula is C80H159NO5. The third-order valence-corrected chi connectivity index (χ3v) is 19.4. The van der Waals surface area contributed by atoms with Crippen LogP contribution in [-0.2, 0) is 14.3 Å². The smallest absolute Gasteiger partial charge is 0.305 e. The van der Waals surface area contributed by atoms with Crippen LogP contribution in [0.5, 0.6) is 0 Å². The van der Waals surface area contributed by atoms with Gasteiger partial charge in [-0.25, -0.2) is 0 Å². The van der Waals surface area contributed by atoms with Gasteiger partial charge in [0.1, 0.15) is 0 Å². The molecule has 0 aliphatic rings. The summed E-state index contributed by atoms with van der Waals surface area (Å²) < 4.78 is 5.51. The fourth-order valence-electron chi connectivity index (χ4n) is 13.3. The lowest BCUT2D eigenvalue weighted by molar-refractivity contribution is -0.143. The maximum absolute atomic E-state index is 12.6. The molecule has 0 radical (unpaired) electrons. The van der Waals surface area contributed by atoms with Gasteiger partial charge >= 0.3 is 5.97 Å². The number of unbranched alkanes of at least 4 members (excludes halogenated alkanes) is 66. The third-order valence-electron chi connectivity index (χ3n) is 19.4. The van der Waals surface area contributed by atoms with Gasteiger partial charge in [0.2, 0.25) is 5.91 Å². The first-order chi connectivity index (χ1) is 42.5. The molecule has 0 aliphatic carbocycles. The Morgan fingerprint density at radius 2 is 0.477 bits per heavy atom. The molecule has 2 atom stereocenters. The molecule has 3 N–H and O–H groups in total. The zero-order chi connectivity index (χ0) is 62.0. The van der Waals surface area contributed by atoms with Gasteiger partial charge in [0, 0.05) is 12.8 Å². The van der Waals surface area contributed by atoms with Gasteiger partial charge in [0.25, 0.3) is 0 Å². The minimum Gasteiger partial charge on any atom is -0.466 e. The fourth-order valence-corrected chi connectivity index (χ4v) is 13.3. The minimum atomic E-state index is -0.663. The topological polar surface area (TPSA) is 95.9 Å². The summed E-state index contributed by atoms with van der Waals surface area (Å²) in [5.74, 6) is -0.000901. The summed E-state index contributed by atoms with van der Waals surface area (Å²) in [6, 6.07) is -0.540. The van der Waals surface area contributed by atoms with Crippen LogP contribution in [0.3, 0.4) is 0 Å². The van der Waals surface area contributed by atoms with Crippen molar-refractivity contribution in [3.05, 3.63) is 0 Å². The number of esters is 1. The van der Waals surface area contributed by atoms with Crippen molar-refractivity contribution < 1.29 is 24.5 Å². The highest BCUT2D eigenvalue weighted by Gasteiger charge is 2.20. The van der Waals surface area contributed by atoms with Gasteiger partial charge in [-0.2, -0.15) is 0 Å². The molecule has 0 saturated carbocycles. The van der Waals surface area contributed by atoms with Crippen LogP contribution >= 0.6 is 0 Å². The van der Waals surface area contributed by atoms with Crippen LogP contribution in [0.15, 0.2) is 0 Å². The van der Waals surface area contributed by atoms with Crippen molar-refractivity contribution in [3.8, 4) is 0 Å². The Hall–Kier alpha value is -1.14. The lowest BCUT2D eigenvalue weighted by Crippen LogP contribution is -2.45. The number of carbonyl (C=O) groups is 2. The molecule has 1 amide bonds. The number of hydrogen-bond donors (Lipinski definition) is 3. The number of amides is 1. The Morgan fingerprint density at radius 1 is 0.279 bits per heavy atom. The first kappa shape index (κ1) is 84.9. The van der Waals surface area contributed by atoms with Crippen molar-refractivity contribution in [2.75, 3.05) is 13.2 Å². The minimum absolute atomic E-state index is 0.0241. The van der Waals surface area contributed by atoms with E-state index in [1.54, 1.807) is 0 Å². The largest absolute Gasteiger partial charge is 0.466 e. The van der Waals surface area contributed by atoms with E-state index in [2.05, 4.69) is 19.2 Å². The number of ether oxygens (including phenoxy) is 1. The lowest BCUT2D eigenvalue weighted by atomic mass is 10.0. The zero-order valence-electron chi connectivity index (χ0n) is 59.1. The Kier molecular flexibility index (Phi) is 75.3. The molecule has 0 heterocycles. The van der Waals surface area contributed by atoms with Gasteiger partial charge in [0.05, 0.1) is 25.4 Å².